The third kappa shape index (κ3) is 2.95. The molecule has 0 aliphatic heterocycles. The molecule has 1 nitrogen and oxygen atoms in total. The Hall–Kier alpha value is -0.820. The van der Waals surface area contributed by atoms with E-state index < -0.39 is 0 Å². The maximum atomic E-state index is 3.66. The fourth-order valence-corrected chi connectivity index (χ4v) is 2.89. The lowest BCUT2D eigenvalue weighted by molar-refractivity contribution is 0.502. The quantitative estimate of drug-likeness (QED) is 0.763. The van der Waals surface area contributed by atoms with E-state index in [-0.39, 0.29) is 5.41 Å². The van der Waals surface area contributed by atoms with E-state index >= 15 is 0 Å². The molecule has 0 heterocycles. The highest BCUT2D eigenvalue weighted by atomic mass is 14.9. The molecular formula is C17H27N. The van der Waals surface area contributed by atoms with Gasteiger partial charge in [-0.1, -0.05) is 52.3 Å². The molecule has 18 heavy (non-hydrogen) atoms. The van der Waals surface area contributed by atoms with Crippen LogP contribution in [-0.4, -0.2) is 6.54 Å². The molecule has 0 radical (unpaired) electrons. The Morgan fingerprint density at radius 3 is 2.67 bits per heavy atom. The Morgan fingerprint density at radius 2 is 2.00 bits per heavy atom. The second-order valence-electron chi connectivity index (χ2n) is 6.52. The van der Waals surface area contributed by atoms with Gasteiger partial charge in [-0.3, -0.25) is 0 Å². The van der Waals surface area contributed by atoms with Crippen molar-refractivity contribution >= 4 is 0 Å². The van der Waals surface area contributed by atoms with Crippen LogP contribution in [0.25, 0.3) is 0 Å². The van der Waals surface area contributed by atoms with Crippen LogP contribution in [0, 0.1) is 0 Å². The minimum Gasteiger partial charge on any atom is -0.310 e. The van der Waals surface area contributed by atoms with Gasteiger partial charge in [0.1, 0.15) is 0 Å². The van der Waals surface area contributed by atoms with Crippen LogP contribution >= 0.6 is 0 Å². The van der Waals surface area contributed by atoms with Crippen molar-refractivity contribution in [1.29, 1.82) is 0 Å². The Kier molecular flexibility index (Phi) is 4.11. The van der Waals surface area contributed by atoms with Gasteiger partial charge in [0.05, 0.1) is 0 Å². The molecule has 2 rings (SSSR count). The van der Waals surface area contributed by atoms with Gasteiger partial charge in [-0.15, -0.1) is 0 Å². The topological polar surface area (TPSA) is 12.0 Å². The first-order chi connectivity index (χ1) is 8.52. The largest absolute Gasteiger partial charge is 0.310 e. The molecule has 1 aromatic carbocycles. The van der Waals surface area contributed by atoms with Crippen molar-refractivity contribution in [2.75, 3.05) is 6.54 Å². The molecule has 1 aromatic rings. The number of hydrogen-bond acceptors (Lipinski definition) is 1. The highest BCUT2D eigenvalue weighted by Gasteiger charge is 2.21. The minimum atomic E-state index is 0.248. The number of benzene rings is 1. The zero-order chi connectivity index (χ0) is 13.2. The van der Waals surface area contributed by atoms with E-state index in [0.717, 1.165) is 6.54 Å². The fourth-order valence-electron chi connectivity index (χ4n) is 2.89. The lowest BCUT2D eigenvalue weighted by Crippen LogP contribution is -2.22. The zero-order valence-electron chi connectivity index (χ0n) is 12.3. The lowest BCUT2D eigenvalue weighted by atomic mass is 9.84. The van der Waals surface area contributed by atoms with Crippen LogP contribution in [0.1, 0.15) is 69.7 Å². The molecule has 1 aliphatic carbocycles. The predicted octanol–water partition coefficient (Wildman–Crippen LogP) is 4.36. The zero-order valence-corrected chi connectivity index (χ0v) is 12.3. The summed E-state index contributed by atoms with van der Waals surface area (Å²) in [7, 11) is 0. The minimum absolute atomic E-state index is 0.248. The highest BCUT2D eigenvalue weighted by Crippen LogP contribution is 2.32. The molecule has 1 N–H and O–H groups in total. The maximum absolute atomic E-state index is 3.66. The second-order valence-corrected chi connectivity index (χ2v) is 6.52. The number of aryl methyl sites for hydroxylation is 1. The molecule has 0 spiro atoms. The van der Waals surface area contributed by atoms with Crippen molar-refractivity contribution in [3.63, 3.8) is 0 Å². The second kappa shape index (κ2) is 5.44. The van der Waals surface area contributed by atoms with Crippen LogP contribution in [-0.2, 0) is 11.8 Å². The molecule has 0 fully saturated rings. The summed E-state index contributed by atoms with van der Waals surface area (Å²) in [5.74, 6) is 0. The van der Waals surface area contributed by atoms with Gasteiger partial charge in [-0.2, -0.15) is 0 Å². The highest BCUT2D eigenvalue weighted by molar-refractivity contribution is 5.38. The van der Waals surface area contributed by atoms with Crippen molar-refractivity contribution in [2.45, 2.75) is 64.8 Å². The van der Waals surface area contributed by atoms with Gasteiger partial charge in [-0.25, -0.2) is 0 Å². The normalized spacial score (nSPS) is 20.3. The molecule has 1 atom stereocenters. The first-order valence-corrected chi connectivity index (χ1v) is 7.39. The third-order valence-electron chi connectivity index (χ3n) is 4.03. The fraction of sp³-hybridized carbons (Fsp3) is 0.647. The summed E-state index contributed by atoms with van der Waals surface area (Å²) in [5, 5.41) is 3.66. The van der Waals surface area contributed by atoms with Gasteiger partial charge in [0, 0.05) is 6.04 Å². The molecule has 100 valence electrons. The van der Waals surface area contributed by atoms with Crippen LogP contribution in [0.5, 0.6) is 0 Å². The summed E-state index contributed by atoms with van der Waals surface area (Å²) in [6.07, 6.45) is 5.22. The molecule has 0 saturated heterocycles. The van der Waals surface area contributed by atoms with E-state index in [1.54, 1.807) is 11.1 Å². The van der Waals surface area contributed by atoms with Crippen LogP contribution in [0.3, 0.4) is 0 Å². The molecule has 0 saturated carbocycles. The number of fused-ring (bicyclic) bond motifs is 1. The third-order valence-corrected chi connectivity index (χ3v) is 4.03. The Bertz CT molecular complexity index is 401. The van der Waals surface area contributed by atoms with Crippen molar-refractivity contribution in [1.82, 2.24) is 5.32 Å². The lowest BCUT2D eigenvalue weighted by Gasteiger charge is -2.24. The SMILES string of the molecule is CCNC1CCCCc2ccc(C(C)(C)C)cc21. The van der Waals surface area contributed by atoms with Gasteiger partial charge in [0.2, 0.25) is 0 Å². The van der Waals surface area contributed by atoms with Crippen LogP contribution < -0.4 is 5.32 Å². The molecule has 0 aromatic heterocycles. The Morgan fingerprint density at radius 1 is 1.22 bits per heavy atom. The summed E-state index contributed by atoms with van der Waals surface area (Å²) in [4.78, 5) is 0. The summed E-state index contributed by atoms with van der Waals surface area (Å²) in [6.45, 7) is 10.2. The van der Waals surface area contributed by atoms with E-state index in [0.29, 0.717) is 6.04 Å². The molecule has 0 amide bonds. The Balaban J connectivity index is 2.39. The Labute approximate surface area is 112 Å². The predicted molar refractivity (Wildman–Crippen MR) is 79.1 cm³/mol. The van der Waals surface area contributed by atoms with Crippen molar-refractivity contribution in [3.05, 3.63) is 34.9 Å². The van der Waals surface area contributed by atoms with Gasteiger partial charge in [-0.05, 0) is 47.9 Å². The average Bonchev–Trinajstić information content (AvgIpc) is 2.51. The van der Waals surface area contributed by atoms with Gasteiger partial charge >= 0.3 is 0 Å². The van der Waals surface area contributed by atoms with E-state index in [1.165, 1.54) is 31.2 Å². The monoisotopic (exact) mass is 245 g/mol. The number of nitrogens with one attached hydrogen (secondary N) is 1. The standard InChI is InChI=1S/C17H27N/c1-5-18-16-9-7-6-8-13-10-11-14(12-15(13)16)17(2,3)4/h10-12,16,18H,5-9H2,1-4H3. The van der Waals surface area contributed by atoms with Crippen LogP contribution in [0.15, 0.2) is 18.2 Å². The van der Waals surface area contributed by atoms with E-state index in [9.17, 15) is 0 Å². The smallest absolute Gasteiger partial charge is 0.0322 e. The van der Waals surface area contributed by atoms with Gasteiger partial charge in [0.25, 0.3) is 0 Å². The van der Waals surface area contributed by atoms with Crippen molar-refractivity contribution in [2.24, 2.45) is 0 Å². The van der Waals surface area contributed by atoms with E-state index in [2.05, 4.69) is 51.2 Å². The van der Waals surface area contributed by atoms with Gasteiger partial charge in [0.15, 0.2) is 0 Å². The molecule has 1 heteroatoms. The van der Waals surface area contributed by atoms with Crippen LogP contribution in [0.4, 0.5) is 0 Å². The van der Waals surface area contributed by atoms with Crippen molar-refractivity contribution < 1.29 is 0 Å². The first kappa shape index (κ1) is 13.6. The summed E-state index contributed by atoms with van der Waals surface area (Å²) >= 11 is 0. The summed E-state index contributed by atoms with van der Waals surface area (Å²) < 4.78 is 0. The number of rotatable bonds is 2. The van der Waals surface area contributed by atoms with Crippen LogP contribution in [0.2, 0.25) is 0 Å². The number of hydrogen-bond donors (Lipinski definition) is 1. The average molecular weight is 245 g/mol. The summed E-state index contributed by atoms with van der Waals surface area (Å²) in [6, 6.07) is 7.71. The van der Waals surface area contributed by atoms with E-state index in [1.807, 2.05) is 0 Å². The molecule has 1 unspecified atom stereocenters. The molecule has 1 aliphatic rings. The van der Waals surface area contributed by atoms with Crippen molar-refractivity contribution in [3.8, 4) is 0 Å². The molecule has 0 bridgehead atoms. The maximum Gasteiger partial charge on any atom is 0.0322 e. The molecular weight excluding hydrogens is 218 g/mol. The van der Waals surface area contributed by atoms with Gasteiger partial charge < -0.3 is 5.32 Å². The van der Waals surface area contributed by atoms with E-state index in [4.69, 9.17) is 0 Å². The summed E-state index contributed by atoms with van der Waals surface area (Å²) in [5.41, 5.74) is 4.83. The first-order valence-electron chi connectivity index (χ1n) is 7.39.